The first-order valence-electron chi connectivity index (χ1n) is 6.22. The smallest absolute Gasteiger partial charge is 0.150 e. The molecule has 0 spiro atoms. The molecule has 3 nitrogen and oxygen atoms in total. The number of aldehydes is 1. The third-order valence-corrected chi connectivity index (χ3v) is 4.20. The molecule has 0 saturated carbocycles. The number of nitrogens with one attached hydrogen (secondary N) is 1. The molecule has 3 aliphatic heterocycles. The van der Waals surface area contributed by atoms with Crippen molar-refractivity contribution < 1.29 is 4.79 Å². The number of carbonyl (C=O) groups excluding carboxylic acids is 1. The third-order valence-electron chi connectivity index (χ3n) is 4.20. The lowest BCUT2D eigenvalue weighted by Crippen LogP contribution is -2.38. The van der Waals surface area contributed by atoms with Crippen LogP contribution in [0, 0.1) is 0 Å². The maximum absolute atomic E-state index is 10.9. The number of hydrogen-bond donors (Lipinski definition) is 1. The quantitative estimate of drug-likeness (QED) is 0.759. The van der Waals surface area contributed by atoms with Crippen molar-refractivity contribution in [3.63, 3.8) is 0 Å². The number of benzene rings is 1. The van der Waals surface area contributed by atoms with E-state index < -0.39 is 0 Å². The van der Waals surface area contributed by atoms with Gasteiger partial charge in [0.2, 0.25) is 0 Å². The van der Waals surface area contributed by atoms with E-state index in [2.05, 4.69) is 9.88 Å². The van der Waals surface area contributed by atoms with E-state index in [1.54, 1.807) is 0 Å². The molecule has 1 aromatic carbocycles. The Hall–Kier alpha value is -1.77. The fourth-order valence-electron chi connectivity index (χ4n) is 3.34. The number of rotatable bonds is 1. The van der Waals surface area contributed by atoms with E-state index in [0.717, 1.165) is 11.8 Å². The molecular weight excluding hydrogens is 212 g/mol. The van der Waals surface area contributed by atoms with Crippen LogP contribution in [0.3, 0.4) is 0 Å². The third kappa shape index (κ3) is 1.14. The highest BCUT2D eigenvalue weighted by molar-refractivity contribution is 5.94. The molecule has 0 amide bonds. The molecule has 17 heavy (non-hydrogen) atoms. The average Bonchev–Trinajstić information content (AvgIpc) is 2.80. The summed E-state index contributed by atoms with van der Waals surface area (Å²) in [6.07, 6.45) is 3.44. The Morgan fingerprint density at radius 2 is 2.12 bits per heavy atom. The number of anilines is 1. The maximum Gasteiger partial charge on any atom is 0.150 e. The molecule has 2 aromatic rings. The van der Waals surface area contributed by atoms with Crippen LogP contribution in [0.2, 0.25) is 0 Å². The van der Waals surface area contributed by atoms with Gasteiger partial charge in [-0.25, -0.2) is 0 Å². The second-order valence-electron chi connectivity index (χ2n) is 5.07. The molecule has 0 unspecified atom stereocenters. The van der Waals surface area contributed by atoms with Gasteiger partial charge in [0.1, 0.15) is 12.1 Å². The van der Waals surface area contributed by atoms with Crippen LogP contribution in [0.15, 0.2) is 18.2 Å². The molecule has 1 saturated heterocycles. The van der Waals surface area contributed by atoms with Gasteiger partial charge in [-0.15, -0.1) is 0 Å². The van der Waals surface area contributed by atoms with Crippen LogP contribution in [-0.2, 0) is 0 Å². The topological polar surface area (TPSA) is 36.1 Å². The van der Waals surface area contributed by atoms with Crippen molar-refractivity contribution in [2.45, 2.75) is 18.8 Å². The summed E-state index contributed by atoms with van der Waals surface area (Å²) in [6.45, 7) is 2.34. The van der Waals surface area contributed by atoms with Crippen LogP contribution in [0.4, 0.5) is 5.82 Å². The predicted octanol–water partition coefficient (Wildman–Crippen LogP) is 2.68. The molecule has 86 valence electrons. The number of hydrogen-bond acceptors (Lipinski definition) is 2. The summed E-state index contributed by atoms with van der Waals surface area (Å²) in [6, 6.07) is 5.94. The molecule has 3 heteroatoms. The van der Waals surface area contributed by atoms with Gasteiger partial charge < -0.3 is 9.88 Å². The minimum atomic E-state index is 0.686. The SMILES string of the molecule is O=Cc1ccc2[nH]c3c(c2c1)C1CCN3CC1. The largest absolute Gasteiger partial charge is 0.358 e. The lowest BCUT2D eigenvalue weighted by Gasteiger charge is -2.40. The van der Waals surface area contributed by atoms with Crippen LogP contribution < -0.4 is 4.90 Å². The molecule has 1 N–H and O–H groups in total. The molecule has 2 bridgehead atoms. The molecular formula is C14H14N2O. The molecule has 4 heterocycles. The van der Waals surface area contributed by atoms with Gasteiger partial charge in [0.05, 0.1) is 0 Å². The number of fused-ring (bicyclic) bond motifs is 3. The molecule has 1 fully saturated rings. The van der Waals surface area contributed by atoms with Gasteiger partial charge in [-0.05, 0) is 37.0 Å². The maximum atomic E-state index is 10.9. The molecule has 5 rings (SSSR count). The zero-order chi connectivity index (χ0) is 11.4. The normalized spacial score (nSPS) is 18.7. The average molecular weight is 226 g/mol. The van der Waals surface area contributed by atoms with Crippen LogP contribution in [0.1, 0.15) is 34.7 Å². The Morgan fingerprint density at radius 1 is 1.29 bits per heavy atom. The highest BCUT2D eigenvalue weighted by atomic mass is 16.1. The van der Waals surface area contributed by atoms with E-state index >= 15 is 0 Å². The zero-order valence-corrected chi connectivity index (χ0v) is 9.57. The van der Waals surface area contributed by atoms with E-state index in [1.165, 1.54) is 48.2 Å². The summed E-state index contributed by atoms with van der Waals surface area (Å²) in [5.41, 5.74) is 3.39. The lowest BCUT2D eigenvalue weighted by molar-refractivity contribution is 0.112. The number of H-pyrrole nitrogens is 1. The van der Waals surface area contributed by atoms with E-state index in [4.69, 9.17) is 0 Å². The van der Waals surface area contributed by atoms with Crippen molar-refractivity contribution in [2.24, 2.45) is 0 Å². The Bertz CT molecular complexity index is 606. The van der Waals surface area contributed by atoms with Gasteiger partial charge in [-0.3, -0.25) is 4.79 Å². The van der Waals surface area contributed by atoms with Crippen molar-refractivity contribution in [3.8, 4) is 0 Å². The Kier molecular flexibility index (Phi) is 1.71. The number of aromatic nitrogens is 1. The fraction of sp³-hybridized carbons (Fsp3) is 0.357. The van der Waals surface area contributed by atoms with Crippen molar-refractivity contribution in [1.82, 2.24) is 4.98 Å². The molecule has 0 aliphatic carbocycles. The number of nitrogens with zero attached hydrogens (tertiary/aromatic N) is 1. The first-order chi connectivity index (χ1) is 8.36. The minimum absolute atomic E-state index is 0.686. The summed E-state index contributed by atoms with van der Waals surface area (Å²) in [5.74, 6) is 1.98. The fourth-order valence-corrected chi connectivity index (χ4v) is 3.34. The summed E-state index contributed by atoms with van der Waals surface area (Å²) >= 11 is 0. The molecule has 1 aromatic heterocycles. The molecule has 3 aliphatic rings. The van der Waals surface area contributed by atoms with Gasteiger partial charge >= 0.3 is 0 Å². The van der Waals surface area contributed by atoms with Crippen molar-refractivity contribution in [2.75, 3.05) is 18.0 Å². The van der Waals surface area contributed by atoms with Gasteiger partial charge in [0.25, 0.3) is 0 Å². The predicted molar refractivity (Wildman–Crippen MR) is 67.9 cm³/mol. The Balaban J connectivity index is 2.05. The first-order valence-corrected chi connectivity index (χ1v) is 6.22. The van der Waals surface area contributed by atoms with Crippen LogP contribution >= 0.6 is 0 Å². The zero-order valence-electron chi connectivity index (χ0n) is 9.57. The summed E-state index contributed by atoms with van der Waals surface area (Å²) in [5, 5.41) is 1.25. The Morgan fingerprint density at radius 3 is 2.88 bits per heavy atom. The van der Waals surface area contributed by atoms with Gasteiger partial charge in [0, 0.05) is 35.1 Å². The summed E-state index contributed by atoms with van der Waals surface area (Å²) < 4.78 is 0. The minimum Gasteiger partial charge on any atom is -0.358 e. The molecule has 0 radical (unpaired) electrons. The van der Waals surface area contributed by atoms with Crippen LogP contribution in [0.5, 0.6) is 0 Å². The highest BCUT2D eigenvalue weighted by Crippen LogP contribution is 2.45. The Labute approximate surface area is 99.4 Å². The van der Waals surface area contributed by atoms with Gasteiger partial charge in [0.15, 0.2) is 0 Å². The number of aromatic amines is 1. The first kappa shape index (κ1) is 9.28. The standard InChI is InChI=1S/C14H14N2O/c17-8-9-1-2-12-11(7-9)13-10-3-5-16(6-4-10)14(13)15-12/h1-2,7-8,10,15H,3-6H2. The van der Waals surface area contributed by atoms with Crippen LogP contribution in [0.25, 0.3) is 10.9 Å². The molecule has 0 atom stereocenters. The van der Waals surface area contributed by atoms with Gasteiger partial charge in [-0.2, -0.15) is 0 Å². The second-order valence-corrected chi connectivity index (χ2v) is 5.07. The van der Waals surface area contributed by atoms with Crippen molar-refractivity contribution in [1.29, 1.82) is 0 Å². The number of piperidine rings is 1. The monoisotopic (exact) mass is 226 g/mol. The lowest BCUT2D eigenvalue weighted by atomic mass is 9.84. The highest BCUT2D eigenvalue weighted by Gasteiger charge is 2.33. The van der Waals surface area contributed by atoms with E-state index in [0.29, 0.717) is 5.92 Å². The van der Waals surface area contributed by atoms with Crippen molar-refractivity contribution in [3.05, 3.63) is 29.3 Å². The van der Waals surface area contributed by atoms with Crippen LogP contribution in [-0.4, -0.2) is 24.4 Å². The number of carbonyl (C=O) groups is 1. The van der Waals surface area contributed by atoms with E-state index in [1.807, 2.05) is 18.2 Å². The van der Waals surface area contributed by atoms with Crippen molar-refractivity contribution >= 4 is 23.0 Å². The summed E-state index contributed by atoms with van der Waals surface area (Å²) in [7, 11) is 0. The second kappa shape index (κ2) is 3.13. The summed E-state index contributed by atoms with van der Waals surface area (Å²) in [4.78, 5) is 16.8. The van der Waals surface area contributed by atoms with E-state index in [9.17, 15) is 4.79 Å². The van der Waals surface area contributed by atoms with Gasteiger partial charge in [-0.1, -0.05) is 0 Å². The van der Waals surface area contributed by atoms with E-state index in [-0.39, 0.29) is 0 Å².